The van der Waals surface area contributed by atoms with Gasteiger partial charge in [0.05, 0.1) is 23.2 Å². The quantitative estimate of drug-likeness (QED) is 0.517. The lowest BCUT2D eigenvalue weighted by molar-refractivity contribution is 0.0278. The molecule has 2 heterocycles. The van der Waals surface area contributed by atoms with Crippen molar-refractivity contribution in [3.05, 3.63) is 0 Å². The molecule has 0 amide bonds. The van der Waals surface area contributed by atoms with Crippen molar-refractivity contribution in [3.8, 4) is 0 Å². The van der Waals surface area contributed by atoms with Crippen LogP contribution in [0.1, 0.15) is 12.8 Å². The minimum absolute atomic E-state index is 0.0359. The summed E-state index contributed by atoms with van der Waals surface area (Å²) in [7, 11) is -2.76. The highest BCUT2D eigenvalue weighted by Crippen LogP contribution is 2.48. The summed E-state index contributed by atoms with van der Waals surface area (Å²) in [6.07, 6.45) is 2.09. The number of ether oxygens (including phenoxy) is 1. The van der Waals surface area contributed by atoms with E-state index in [4.69, 9.17) is 4.74 Å². The molecule has 0 radical (unpaired) electrons. The van der Waals surface area contributed by atoms with Crippen LogP contribution in [0.15, 0.2) is 0 Å². The van der Waals surface area contributed by atoms with E-state index >= 15 is 0 Å². The fourth-order valence-corrected chi connectivity index (χ4v) is 5.12. The average Bonchev–Trinajstić information content (AvgIpc) is 2.44. The Morgan fingerprint density at radius 1 is 1.27 bits per heavy atom. The molecule has 0 aromatic rings. The lowest BCUT2D eigenvalue weighted by Crippen LogP contribution is -2.24. The van der Waals surface area contributed by atoms with Crippen molar-refractivity contribution in [2.45, 2.75) is 30.3 Å². The second-order valence-electron chi connectivity index (χ2n) is 3.80. The lowest BCUT2D eigenvalue weighted by Gasteiger charge is -2.15. The van der Waals surface area contributed by atoms with Gasteiger partial charge in [0.25, 0.3) is 0 Å². The van der Waals surface area contributed by atoms with Gasteiger partial charge in [-0.3, -0.25) is 0 Å². The highest BCUT2D eigenvalue weighted by Gasteiger charge is 2.58. The van der Waals surface area contributed by atoms with Crippen LogP contribution in [0, 0.1) is 5.92 Å². The highest BCUT2D eigenvalue weighted by atomic mass is 32.2. The van der Waals surface area contributed by atoms with Crippen LogP contribution in [0.3, 0.4) is 0 Å². The van der Waals surface area contributed by atoms with Crippen molar-refractivity contribution in [1.29, 1.82) is 0 Å². The Bertz CT molecular complexity index is 293. The molecule has 4 unspecified atom stereocenters. The Morgan fingerprint density at radius 2 is 2.09 bits per heavy atom. The molecule has 62 valence electrons. The molecule has 0 spiro atoms. The van der Waals surface area contributed by atoms with E-state index in [1.165, 1.54) is 0 Å². The highest BCUT2D eigenvalue weighted by molar-refractivity contribution is 7.92. The molecule has 3 nitrogen and oxygen atoms in total. The van der Waals surface area contributed by atoms with Crippen LogP contribution < -0.4 is 0 Å². The Kier molecular flexibility index (Phi) is 0.958. The first-order valence-corrected chi connectivity index (χ1v) is 5.75. The van der Waals surface area contributed by atoms with Crippen molar-refractivity contribution >= 4 is 9.84 Å². The number of sulfone groups is 1. The molecule has 0 N–H and O–H groups in total. The molecule has 4 heteroatoms. The Morgan fingerprint density at radius 3 is 2.64 bits per heavy atom. The minimum Gasteiger partial charge on any atom is -0.374 e. The third-order valence-corrected chi connectivity index (χ3v) is 5.47. The first-order valence-electron chi connectivity index (χ1n) is 4.04. The molecule has 0 aromatic heterocycles. The molecule has 3 rings (SSSR count). The van der Waals surface area contributed by atoms with Crippen LogP contribution in [-0.2, 0) is 14.6 Å². The molecule has 4 atom stereocenters. The average molecular weight is 174 g/mol. The smallest absolute Gasteiger partial charge is 0.156 e. The fraction of sp³-hybridized carbons (Fsp3) is 1.00. The molecule has 11 heavy (non-hydrogen) atoms. The summed E-state index contributed by atoms with van der Waals surface area (Å²) in [4.78, 5) is 0. The number of hydrogen-bond acceptors (Lipinski definition) is 3. The van der Waals surface area contributed by atoms with E-state index in [0.29, 0.717) is 11.7 Å². The summed E-state index contributed by atoms with van der Waals surface area (Å²) in [5, 5.41) is -0.0359. The third kappa shape index (κ3) is 0.649. The van der Waals surface area contributed by atoms with E-state index in [0.717, 1.165) is 12.8 Å². The van der Waals surface area contributed by atoms with E-state index < -0.39 is 9.84 Å². The molecule has 1 saturated carbocycles. The van der Waals surface area contributed by atoms with Crippen LogP contribution in [0.4, 0.5) is 0 Å². The molecular formula is C7H10O3S. The van der Waals surface area contributed by atoms with Gasteiger partial charge in [-0.15, -0.1) is 0 Å². The summed E-state index contributed by atoms with van der Waals surface area (Å²) in [5.74, 6) is 0.642. The summed E-state index contributed by atoms with van der Waals surface area (Å²) in [6, 6.07) is 0. The van der Waals surface area contributed by atoms with Crippen LogP contribution >= 0.6 is 0 Å². The van der Waals surface area contributed by atoms with E-state index in [9.17, 15) is 8.42 Å². The summed E-state index contributed by atoms with van der Waals surface area (Å²) in [5.41, 5.74) is 0. The van der Waals surface area contributed by atoms with E-state index in [1.54, 1.807) is 0 Å². The van der Waals surface area contributed by atoms with E-state index in [1.807, 2.05) is 0 Å². The summed E-state index contributed by atoms with van der Waals surface area (Å²) >= 11 is 0. The summed E-state index contributed by atoms with van der Waals surface area (Å²) < 4.78 is 28.3. The monoisotopic (exact) mass is 174 g/mol. The molecule has 1 aliphatic carbocycles. The van der Waals surface area contributed by atoms with Gasteiger partial charge < -0.3 is 4.74 Å². The van der Waals surface area contributed by atoms with Gasteiger partial charge in [0.15, 0.2) is 9.84 Å². The lowest BCUT2D eigenvalue weighted by atomic mass is 10.0. The third-order valence-electron chi connectivity index (χ3n) is 3.21. The van der Waals surface area contributed by atoms with Gasteiger partial charge in [-0.05, 0) is 12.8 Å². The van der Waals surface area contributed by atoms with E-state index in [2.05, 4.69) is 0 Å². The van der Waals surface area contributed by atoms with Crippen LogP contribution in [-0.4, -0.2) is 31.6 Å². The zero-order valence-electron chi connectivity index (χ0n) is 6.06. The van der Waals surface area contributed by atoms with Gasteiger partial charge in [0, 0.05) is 5.92 Å². The van der Waals surface area contributed by atoms with Gasteiger partial charge in [0.1, 0.15) is 0 Å². The second-order valence-corrected chi connectivity index (χ2v) is 6.06. The van der Waals surface area contributed by atoms with Gasteiger partial charge in [-0.1, -0.05) is 0 Å². The Hall–Kier alpha value is -0.0900. The van der Waals surface area contributed by atoms with Crippen LogP contribution in [0.5, 0.6) is 0 Å². The number of hydrogen-bond donors (Lipinski definition) is 0. The van der Waals surface area contributed by atoms with Gasteiger partial charge in [0.2, 0.25) is 0 Å². The molecule has 2 bridgehead atoms. The van der Waals surface area contributed by atoms with Gasteiger partial charge in [-0.2, -0.15) is 0 Å². The number of rotatable bonds is 0. The first kappa shape index (κ1) is 6.43. The van der Waals surface area contributed by atoms with Gasteiger partial charge in [-0.25, -0.2) is 8.42 Å². The molecule has 3 fully saturated rings. The molecule has 2 saturated heterocycles. The number of fused-ring (bicyclic) bond motifs is 1. The maximum absolute atomic E-state index is 11.4. The Labute approximate surface area is 65.7 Å². The molecule has 2 aliphatic heterocycles. The topological polar surface area (TPSA) is 43.4 Å². The molecule has 0 aromatic carbocycles. The standard InChI is InChI=1S/C7H10O3S/c8-11(9)3-6-5-1-4(10-6)2-7(5)11/h4-7H,1-3H2. The maximum Gasteiger partial charge on any atom is 0.156 e. The minimum atomic E-state index is -2.76. The van der Waals surface area contributed by atoms with Crippen LogP contribution in [0.2, 0.25) is 0 Å². The summed E-state index contributed by atoms with van der Waals surface area (Å²) in [6.45, 7) is 0. The van der Waals surface area contributed by atoms with Crippen LogP contribution in [0.25, 0.3) is 0 Å². The molecule has 3 aliphatic rings. The van der Waals surface area contributed by atoms with Crippen molar-refractivity contribution in [3.63, 3.8) is 0 Å². The largest absolute Gasteiger partial charge is 0.374 e. The zero-order chi connectivity index (χ0) is 7.64. The van der Waals surface area contributed by atoms with Gasteiger partial charge >= 0.3 is 0 Å². The normalized spacial score (nSPS) is 57.1. The maximum atomic E-state index is 11.4. The van der Waals surface area contributed by atoms with Crippen molar-refractivity contribution in [2.75, 3.05) is 5.75 Å². The molecular weight excluding hydrogens is 164 g/mol. The second kappa shape index (κ2) is 1.64. The Balaban J connectivity index is 2.14. The predicted molar refractivity (Wildman–Crippen MR) is 39.0 cm³/mol. The SMILES string of the molecule is O=S1(=O)CC2OC3CC2C1C3. The van der Waals surface area contributed by atoms with Crippen molar-refractivity contribution in [2.24, 2.45) is 5.92 Å². The predicted octanol–water partition coefficient (Wildman–Crippen LogP) is -0.0392. The zero-order valence-corrected chi connectivity index (χ0v) is 6.88. The first-order chi connectivity index (χ1) is 5.17. The van der Waals surface area contributed by atoms with E-state index in [-0.39, 0.29) is 17.5 Å². The van der Waals surface area contributed by atoms with Crippen molar-refractivity contribution < 1.29 is 13.2 Å². The van der Waals surface area contributed by atoms with Crippen molar-refractivity contribution in [1.82, 2.24) is 0 Å². The fourth-order valence-electron chi connectivity index (χ4n) is 2.76.